The van der Waals surface area contributed by atoms with Gasteiger partial charge in [0.1, 0.15) is 5.82 Å². The van der Waals surface area contributed by atoms with Gasteiger partial charge in [-0.3, -0.25) is 4.79 Å². The number of hydrogen-bond acceptors (Lipinski definition) is 3. The fourth-order valence-electron chi connectivity index (χ4n) is 1.76. The second-order valence-corrected chi connectivity index (χ2v) is 4.63. The molecule has 0 aromatic carbocycles. The Labute approximate surface area is 109 Å². The molecule has 1 amide bonds. The van der Waals surface area contributed by atoms with E-state index in [4.69, 9.17) is 4.74 Å². The Morgan fingerprint density at radius 1 is 1.56 bits per heavy atom. The van der Waals surface area contributed by atoms with Gasteiger partial charge in [-0.2, -0.15) is 0 Å². The Morgan fingerprint density at radius 3 is 2.78 bits per heavy atom. The van der Waals surface area contributed by atoms with Crippen LogP contribution in [0.2, 0.25) is 0 Å². The van der Waals surface area contributed by atoms with Crippen molar-refractivity contribution in [3.8, 4) is 0 Å². The molecule has 0 radical (unpaired) electrons. The molecule has 0 spiro atoms. The molecule has 0 aliphatic carbocycles. The number of imidazole rings is 1. The lowest BCUT2D eigenvalue weighted by Gasteiger charge is -2.22. The summed E-state index contributed by atoms with van der Waals surface area (Å²) in [5, 5.41) is 3.02. The van der Waals surface area contributed by atoms with E-state index in [1.165, 1.54) is 0 Å². The molecule has 1 N–H and O–H groups in total. The summed E-state index contributed by atoms with van der Waals surface area (Å²) in [4.78, 5) is 16.1. The highest BCUT2D eigenvalue weighted by Crippen LogP contribution is 2.19. The van der Waals surface area contributed by atoms with Gasteiger partial charge in [0.05, 0.1) is 12.6 Å². The zero-order chi connectivity index (χ0) is 13.5. The van der Waals surface area contributed by atoms with Crippen molar-refractivity contribution < 1.29 is 9.53 Å². The van der Waals surface area contributed by atoms with E-state index < -0.39 is 0 Å². The molecule has 0 saturated carbocycles. The van der Waals surface area contributed by atoms with Crippen molar-refractivity contribution in [1.29, 1.82) is 0 Å². The van der Waals surface area contributed by atoms with Crippen molar-refractivity contribution in [2.45, 2.75) is 33.2 Å². The number of amides is 1. The van der Waals surface area contributed by atoms with Crippen LogP contribution in [0.5, 0.6) is 0 Å². The van der Waals surface area contributed by atoms with Crippen LogP contribution in [0.25, 0.3) is 0 Å². The van der Waals surface area contributed by atoms with Gasteiger partial charge < -0.3 is 14.6 Å². The lowest BCUT2D eigenvalue weighted by atomic mass is 10.0. The standard InChI is InChI=1S/C13H23N3O2/c1-5-18-9-6-11(17)15-12(10(2)3)13-14-7-8-16(13)4/h7-8,10,12H,5-6,9H2,1-4H3,(H,15,17)/t12-/m0/s1. The van der Waals surface area contributed by atoms with Crippen molar-refractivity contribution in [3.05, 3.63) is 18.2 Å². The molecule has 5 nitrogen and oxygen atoms in total. The van der Waals surface area contributed by atoms with Crippen LogP contribution in [-0.2, 0) is 16.6 Å². The van der Waals surface area contributed by atoms with Crippen molar-refractivity contribution in [3.63, 3.8) is 0 Å². The predicted octanol–water partition coefficient (Wildman–Crippen LogP) is 1.66. The minimum Gasteiger partial charge on any atom is -0.381 e. The molecule has 0 unspecified atom stereocenters. The Morgan fingerprint density at radius 2 is 2.28 bits per heavy atom. The molecule has 18 heavy (non-hydrogen) atoms. The number of hydrogen-bond donors (Lipinski definition) is 1. The highest BCUT2D eigenvalue weighted by Gasteiger charge is 2.21. The van der Waals surface area contributed by atoms with Crippen molar-refractivity contribution in [2.75, 3.05) is 13.2 Å². The first-order chi connectivity index (χ1) is 8.56. The molecule has 0 bridgehead atoms. The largest absolute Gasteiger partial charge is 0.381 e. The normalized spacial score (nSPS) is 12.7. The third-order valence-electron chi connectivity index (χ3n) is 2.80. The molecular weight excluding hydrogens is 230 g/mol. The van der Waals surface area contributed by atoms with Gasteiger partial charge >= 0.3 is 0 Å². The first-order valence-corrected chi connectivity index (χ1v) is 6.40. The van der Waals surface area contributed by atoms with Crippen LogP contribution in [-0.4, -0.2) is 28.7 Å². The Bertz CT molecular complexity index is 374. The minimum absolute atomic E-state index is 0.00477. The lowest BCUT2D eigenvalue weighted by molar-refractivity contribution is -0.123. The van der Waals surface area contributed by atoms with Crippen LogP contribution in [0.4, 0.5) is 0 Å². The summed E-state index contributed by atoms with van der Waals surface area (Å²) in [6.07, 6.45) is 4.02. The van der Waals surface area contributed by atoms with Gasteiger partial charge in [-0.05, 0) is 12.8 Å². The number of ether oxygens (including phenoxy) is 1. The summed E-state index contributed by atoms with van der Waals surface area (Å²) in [6, 6.07) is -0.0564. The average molecular weight is 253 g/mol. The second kappa shape index (κ2) is 7.16. The molecule has 1 aromatic heterocycles. The number of nitrogens with one attached hydrogen (secondary N) is 1. The Hall–Kier alpha value is -1.36. The zero-order valence-corrected chi connectivity index (χ0v) is 11.6. The molecule has 102 valence electrons. The third kappa shape index (κ3) is 4.14. The van der Waals surface area contributed by atoms with Crippen molar-refractivity contribution >= 4 is 5.91 Å². The van der Waals surface area contributed by atoms with E-state index in [9.17, 15) is 4.79 Å². The molecule has 0 aliphatic rings. The monoisotopic (exact) mass is 253 g/mol. The van der Waals surface area contributed by atoms with Gasteiger partial charge in [0.2, 0.25) is 5.91 Å². The number of rotatable bonds is 7. The maximum atomic E-state index is 11.8. The Balaban J connectivity index is 2.59. The molecular formula is C13H23N3O2. The first kappa shape index (κ1) is 14.7. The van der Waals surface area contributed by atoms with Crippen LogP contribution < -0.4 is 5.32 Å². The predicted molar refractivity (Wildman–Crippen MR) is 70.0 cm³/mol. The molecule has 0 aliphatic heterocycles. The summed E-state index contributed by atoms with van der Waals surface area (Å²) >= 11 is 0. The fourth-order valence-corrected chi connectivity index (χ4v) is 1.76. The van der Waals surface area contributed by atoms with Gasteiger partial charge in [-0.25, -0.2) is 4.98 Å². The fraction of sp³-hybridized carbons (Fsp3) is 0.692. The highest BCUT2D eigenvalue weighted by molar-refractivity contribution is 5.76. The molecule has 0 saturated heterocycles. The molecule has 1 heterocycles. The van der Waals surface area contributed by atoms with Gasteiger partial charge in [0, 0.05) is 32.5 Å². The third-order valence-corrected chi connectivity index (χ3v) is 2.80. The number of aryl methyl sites for hydroxylation is 1. The van der Waals surface area contributed by atoms with Crippen LogP contribution in [0.3, 0.4) is 0 Å². The maximum absolute atomic E-state index is 11.8. The topological polar surface area (TPSA) is 56.1 Å². The summed E-state index contributed by atoms with van der Waals surface area (Å²) in [6.45, 7) is 7.17. The highest BCUT2D eigenvalue weighted by atomic mass is 16.5. The van der Waals surface area contributed by atoms with Crippen LogP contribution in [0, 0.1) is 5.92 Å². The quantitative estimate of drug-likeness (QED) is 0.752. The summed E-state index contributed by atoms with van der Waals surface area (Å²) in [5.74, 6) is 1.18. The number of carbonyl (C=O) groups is 1. The van der Waals surface area contributed by atoms with Crippen molar-refractivity contribution in [2.24, 2.45) is 13.0 Å². The summed E-state index contributed by atoms with van der Waals surface area (Å²) < 4.78 is 7.12. The second-order valence-electron chi connectivity index (χ2n) is 4.63. The maximum Gasteiger partial charge on any atom is 0.222 e. The van der Waals surface area contributed by atoms with Gasteiger partial charge in [0.25, 0.3) is 0 Å². The number of nitrogens with zero attached hydrogens (tertiary/aromatic N) is 2. The van der Waals surface area contributed by atoms with E-state index in [-0.39, 0.29) is 11.9 Å². The number of carbonyl (C=O) groups excluding carboxylic acids is 1. The smallest absolute Gasteiger partial charge is 0.222 e. The van der Waals surface area contributed by atoms with Gasteiger partial charge in [0.15, 0.2) is 0 Å². The average Bonchev–Trinajstić information content (AvgIpc) is 2.72. The number of aromatic nitrogens is 2. The molecule has 1 aromatic rings. The molecule has 0 fully saturated rings. The van der Waals surface area contributed by atoms with Crippen LogP contribution in [0.15, 0.2) is 12.4 Å². The van der Waals surface area contributed by atoms with Gasteiger partial charge in [-0.1, -0.05) is 13.8 Å². The van der Waals surface area contributed by atoms with E-state index >= 15 is 0 Å². The van der Waals surface area contributed by atoms with E-state index in [0.717, 1.165) is 5.82 Å². The first-order valence-electron chi connectivity index (χ1n) is 6.40. The van der Waals surface area contributed by atoms with Crippen LogP contribution in [0.1, 0.15) is 39.1 Å². The zero-order valence-electron chi connectivity index (χ0n) is 11.6. The molecule has 1 rings (SSSR count). The summed E-state index contributed by atoms with van der Waals surface area (Å²) in [5.41, 5.74) is 0. The van der Waals surface area contributed by atoms with E-state index in [1.54, 1.807) is 6.20 Å². The lowest BCUT2D eigenvalue weighted by Crippen LogP contribution is -2.34. The molecule has 1 atom stereocenters. The van der Waals surface area contributed by atoms with E-state index in [1.807, 2.05) is 24.7 Å². The minimum atomic E-state index is -0.0564. The van der Waals surface area contributed by atoms with E-state index in [0.29, 0.717) is 25.6 Å². The summed E-state index contributed by atoms with van der Waals surface area (Å²) in [7, 11) is 1.93. The molecule has 5 heteroatoms. The van der Waals surface area contributed by atoms with Crippen LogP contribution >= 0.6 is 0 Å². The van der Waals surface area contributed by atoms with Gasteiger partial charge in [-0.15, -0.1) is 0 Å². The van der Waals surface area contributed by atoms with Crippen molar-refractivity contribution in [1.82, 2.24) is 14.9 Å². The Kier molecular flexibility index (Phi) is 5.85. The SMILES string of the molecule is CCOCCC(=O)N[C@H](c1nccn1C)C(C)C. The van der Waals surface area contributed by atoms with E-state index in [2.05, 4.69) is 24.1 Å².